The molecule has 1 aliphatic carbocycles. The first-order valence-electron chi connectivity index (χ1n) is 8.27. The van der Waals surface area contributed by atoms with Crippen LogP contribution in [0.5, 0.6) is 0 Å². The van der Waals surface area contributed by atoms with Crippen LogP contribution < -0.4 is 5.32 Å². The minimum absolute atomic E-state index is 0.0605. The van der Waals surface area contributed by atoms with Crippen LogP contribution in [0.3, 0.4) is 0 Å². The van der Waals surface area contributed by atoms with E-state index in [4.69, 9.17) is 0 Å². The number of rotatable bonds is 3. The van der Waals surface area contributed by atoms with E-state index in [0.29, 0.717) is 11.6 Å². The van der Waals surface area contributed by atoms with Crippen LogP contribution in [0.1, 0.15) is 40.2 Å². The summed E-state index contributed by atoms with van der Waals surface area (Å²) < 4.78 is 1.79. The first kappa shape index (κ1) is 14.9. The standard InChI is InChI=1S/C19H20N4O/c1-11-5-4-6-14(9-11)17-12(2)22-23-13(3)16(10-20-18(17)23)19(24)21-15-7-8-15/h4-6,9-10,15H,7-8H2,1-3H3,(H,21,24). The molecule has 5 nitrogen and oxygen atoms in total. The maximum absolute atomic E-state index is 12.4. The van der Waals surface area contributed by atoms with Crippen LogP contribution in [0.4, 0.5) is 0 Å². The van der Waals surface area contributed by atoms with Gasteiger partial charge in [-0.2, -0.15) is 5.10 Å². The van der Waals surface area contributed by atoms with Crippen molar-refractivity contribution < 1.29 is 4.79 Å². The van der Waals surface area contributed by atoms with Crippen molar-refractivity contribution in [2.24, 2.45) is 0 Å². The summed E-state index contributed by atoms with van der Waals surface area (Å²) >= 11 is 0. The summed E-state index contributed by atoms with van der Waals surface area (Å²) in [6.45, 7) is 5.97. The molecule has 0 bridgehead atoms. The van der Waals surface area contributed by atoms with E-state index >= 15 is 0 Å². The number of hydrogen-bond acceptors (Lipinski definition) is 3. The van der Waals surface area contributed by atoms with Gasteiger partial charge in [0.1, 0.15) is 0 Å². The fourth-order valence-corrected chi connectivity index (χ4v) is 3.05. The van der Waals surface area contributed by atoms with Crippen molar-refractivity contribution in [1.29, 1.82) is 0 Å². The molecular weight excluding hydrogens is 300 g/mol. The number of benzene rings is 1. The van der Waals surface area contributed by atoms with Gasteiger partial charge in [-0.3, -0.25) is 4.79 Å². The van der Waals surface area contributed by atoms with E-state index in [1.807, 2.05) is 19.9 Å². The van der Waals surface area contributed by atoms with Crippen molar-refractivity contribution in [2.45, 2.75) is 39.7 Å². The van der Waals surface area contributed by atoms with Crippen molar-refractivity contribution in [3.05, 3.63) is 53.0 Å². The molecule has 24 heavy (non-hydrogen) atoms. The summed E-state index contributed by atoms with van der Waals surface area (Å²) in [6.07, 6.45) is 3.81. The first-order valence-corrected chi connectivity index (χ1v) is 8.27. The lowest BCUT2D eigenvalue weighted by atomic mass is 10.0. The summed E-state index contributed by atoms with van der Waals surface area (Å²) in [5.74, 6) is -0.0605. The van der Waals surface area contributed by atoms with Gasteiger partial charge in [-0.25, -0.2) is 9.50 Å². The molecule has 0 unspecified atom stereocenters. The van der Waals surface area contributed by atoms with Crippen molar-refractivity contribution >= 4 is 11.6 Å². The number of carbonyl (C=O) groups excluding carboxylic acids is 1. The molecule has 5 heteroatoms. The second-order valence-corrected chi connectivity index (χ2v) is 6.57. The third kappa shape index (κ3) is 2.46. The summed E-state index contributed by atoms with van der Waals surface area (Å²) in [5.41, 5.74) is 6.44. The molecular formula is C19H20N4O. The Morgan fingerprint density at radius 3 is 2.75 bits per heavy atom. The van der Waals surface area contributed by atoms with Crippen LogP contribution in [-0.2, 0) is 0 Å². The Morgan fingerprint density at radius 1 is 1.25 bits per heavy atom. The Bertz CT molecular complexity index is 953. The van der Waals surface area contributed by atoms with Crippen LogP contribution >= 0.6 is 0 Å². The number of amides is 1. The van der Waals surface area contributed by atoms with Crippen molar-refractivity contribution in [3.63, 3.8) is 0 Å². The number of hydrogen-bond donors (Lipinski definition) is 1. The Balaban J connectivity index is 1.84. The summed E-state index contributed by atoms with van der Waals surface area (Å²) in [5, 5.41) is 7.65. The predicted molar refractivity (Wildman–Crippen MR) is 93.1 cm³/mol. The monoisotopic (exact) mass is 320 g/mol. The average molecular weight is 320 g/mol. The zero-order chi connectivity index (χ0) is 16.8. The average Bonchev–Trinajstić information content (AvgIpc) is 3.28. The highest BCUT2D eigenvalue weighted by Crippen LogP contribution is 2.29. The SMILES string of the molecule is Cc1cccc(-c2c(C)nn3c(C)c(C(=O)NC4CC4)cnc23)c1. The third-order valence-electron chi connectivity index (χ3n) is 4.52. The molecule has 0 radical (unpaired) electrons. The lowest BCUT2D eigenvalue weighted by Gasteiger charge is -2.08. The lowest BCUT2D eigenvalue weighted by molar-refractivity contribution is 0.0949. The highest BCUT2D eigenvalue weighted by molar-refractivity contribution is 5.96. The molecule has 1 amide bonds. The molecule has 3 aromatic rings. The Morgan fingerprint density at radius 2 is 2.04 bits per heavy atom. The Hall–Kier alpha value is -2.69. The molecule has 1 aliphatic rings. The fraction of sp³-hybridized carbons (Fsp3) is 0.316. The molecule has 0 atom stereocenters. The maximum Gasteiger partial charge on any atom is 0.254 e. The highest BCUT2D eigenvalue weighted by atomic mass is 16.1. The predicted octanol–water partition coefficient (Wildman–Crippen LogP) is 3.21. The van der Waals surface area contributed by atoms with Crippen LogP contribution in [0, 0.1) is 20.8 Å². The molecule has 0 aliphatic heterocycles. The van der Waals surface area contributed by atoms with E-state index in [9.17, 15) is 4.79 Å². The molecule has 1 aromatic carbocycles. The van der Waals surface area contributed by atoms with Gasteiger partial charge in [-0.15, -0.1) is 0 Å². The van der Waals surface area contributed by atoms with Crippen LogP contribution in [0.15, 0.2) is 30.5 Å². The second kappa shape index (κ2) is 5.44. The number of nitrogens with one attached hydrogen (secondary N) is 1. The van der Waals surface area contributed by atoms with E-state index in [0.717, 1.165) is 41.0 Å². The van der Waals surface area contributed by atoms with Gasteiger partial charge >= 0.3 is 0 Å². The second-order valence-electron chi connectivity index (χ2n) is 6.57. The molecule has 0 spiro atoms. The van der Waals surface area contributed by atoms with Gasteiger partial charge in [0.2, 0.25) is 0 Å². The quantitative estimate of drug-likeness (QED) is 0.806. The number of carbonyl (C=O) groups is 1. The lowest BCUT2D eigenvalue weighted by Crippen LogP contribution is -2.27. The van der Waals surface area contributed by atoms with Crippen LogP contribution in [0.25, 0.3) is 16.8 Å². The number of aromatic nitrogens is 3. The molecule has 1 N–H and O–H groups in total. The van der Waals surface area contributed by atoms with E-state index < -0.39 is 0 Å². The summed E-state index contributed by atoms with van der Waals surface area (Å²) in [6, 6.07) is 8.65. The minimum atomic E-state index is -0.0605. The van der Waals surface area contributed by atoms with Crippen molar-refractivity contribution in [3.8, 4) is 11.1 Å². The maximum atomic E-state index is 12.4. The minimum Gasteiger partial charge on any atom is -0.349 e. The topological polar surface area (TPSA) is 59.3 Å². The van der Waals surface area contributed by atoms with Crippen molar-refractivity contribution in [1.82, 2.24) is 19.9 Å². The molecule has 122 valence electrons. The summed E-state index contributed by atoms with van der Waals surface area (Å²) in [4.78, 5) is 16.9. The summed E-state index contributed by atoms with van der Waals surface area (Å²) in [7, 11) is 0. The van der Waals surface area contributed by atoms with Gasteiger partial charge in [-0.1, -0.05) is 29.8 Å². The number of fused-ring (bicyclic) bond motifs is 1. The molecule has 1 fully saturated rings. The number of nitrogens with zero attached hydrogens (tertiary/aromatic N) is 3. The van der Waals surface area contributed by atoms with Crippen molar-refractivity contribution in [2.75, 3.05) is 0 Å². The molecule has 4 rings (SSSR count). The Kier molecular flexibility index (Phi) is 3.37. The zero-order valence-corrected chi connectivity index (χ0v) is 14.1. The van der Waals surface area contributed by atoms with Gasteiger partial charge in [0.05, 0.1) is 17.0 Å². The highest BCUT2D eigenvalue weighted by Gasteiger charge is 2.25. The zero-order valence-electron chi connectivity index (χ0n) is 14.1. The van der Waals surface area contributed by atoms with Gasteiger partial charge < -0.3 is 5.32 Å². The third-order valence-corrected chi connectivity index (χ3v) is 4.52. The van der Waals surface area contributed by atoms with Gasteiger partial charge in [0, 0.05) is 17.8 Å². The van der Waals surface area contributed by atoms with E-state index in [1.54, 1.807) is 10.7 Å². The van der Waals surface area contributed by atoms with Gasteiger partial charge in [0.25, 0.3) is 5.91 Å². The van der Waals surface area contributed by atoms with Gasteiger partial charge in [-0.05, 0) is 39.2 Å². The first-order chi connectivity index (χ1) is 11.5. The smallest absolute Gasteiger partial charge is 0.254 e. The fourth-order valence-electron chi connectivity index (χ4n) is 3.05. The molecule has 0 saturated heterocycles. The van der Waals surface area contributed by atoms with E-state index in [-0.39, 0.29) is 5.91 Å². The number of aryl methyl sites for hydroxylation is 3. The van der Waals surface area contributed by atoms with Crippen LogP contribution in [0.2, 0.25) is 0 Å². The largest absolute Gasteiger partial charge is 0.349 e. The Labute approximate surface area is 140 Å². The van der Waals surface area contributed by atoms with Gasteiger partial charge in [0.15, 0.2) is 5.65 Å². The molecule has 2 aromatic heterocycles. The van der Waals surface area contributed by atoms with E-state index in [2.05, 4.69) is 40.5 Å². The van der Waals surface area contributed by atoms with Crippen LogP contribution in [-0.4, -0.2) is 26.5 Å². The molecule has 1 saturated carbocycles. The molecule has 2 heterocycles. The normalized spacial score (nSPS) is 14.1. The van der Waals surface area contributed by atoms with E-state index in [1.165, 1.54) is 5.56 Å².